The van der Waals surface area contributed by atoms with Crippen LogP contribution in [0.3, 0.4) is 0 Å². The molecule has 70 valence electrons. The largest absolute Gasteiger partial charge is 0.399 e. The Labute approximate surface area is 91.9 Å². The number of halogens is 2. The molecule has 0 aliphatic heterocycles. The highest BCUT2D eigenvalue weighted by molar-refractivity contribution is 7.99. The molecular formula is C9H9Cl2NS. The lowest BCUT2D eigenvalue weighted by atomic mass is 10.3. The van der Waals surface area contributed by atoms with Crippen LogP contribution < -0.4 is 5.73 Å². The van der Waals surface area contributed by atoms with Gasteiger partial charge < -0.3 is 5.73 Å². The zero-order valence-corrected chi connectivity index (χ0v) is 9.16. The summed E-state index contributed by atoms with van der Waals surface area (Å²) in [7, 11) is 0. The van der Waals surface area contributed by atoms with E-state index in [-0.39, 0.29) is 0 Å². The predicted molar refractivity (Wildman–Crippen MR) is 61.4 cm³/mol. The zero-order chi connectivity index (χ0) is 9.68. The molecule has 0 bridgehead atoms. The number of hydrogen-bond donors (Lipinski definition) is 1. The SMILES string of the molecule is Nc1cccc(SCC(Cl)=CCl)c1. The van der Waals surface area contributed by atoms with Gasteiger partial charge in [0.05, 0.1) is 0 Å². The molecule has 0 heterocycles. The third-order valence-electron chi connectivity index (χ3n) is 1.35. The van der Waals surface area contributed by atoms with Gasteiger partial charge in [-0.05, 0) is 18.2 Å². The molecule has 1 aromatic carbocycles. The molecule has 4 heteroatoms. The maximum Gasteiger partial charge on any atom is 0.0396 e. The quantitative estimate of drug-likeness (QED) is 0.637. The van der Waals surface area contributed by atoms with Crippen LogP contribution in [-0.4, -0.2) is 5.75 Å². The fourth-order valence-electron chi connectivity index (χ4n) is 0.788. The van der Waals surface area contributed by atoms with Crippen LogP contribution in [0, 0.1) is 0 Å². The number of rotatable bonds is 3. The Hall–Kier alpha value is -0.310. The smallest absolute Gasteiger partial charge is 0.0396 e. The average molecular weight is 234 g/mol. The van der Waals surface area contributed by atoms with Crippen molar-refractivity contribution in [3.63, 3.8) is 0 Å². The van der Waals surface area contributed by atoms with Crippen LogP contribution in [0.1, 0.15) is 0 Å². The van der Waals surface area contributed by atoms with Crippen molar-refractivity contribution >= 4 is 40.7 Å². The standard InChI is InChI=1S/C9H9Cl2NS/c10-5-7(11)6-13-9-3-1-2-8(12)4-9/h1-5H,6,12H2. The van der Waals surface area contributed by atoms with Crippen LogP contribution in [0.15, 0.2) is 39.7 Å². The van der Waals surface area contributed by atoms with E-state index in [4.69, 9.17) is 28.9 Å². The highest BCUT2D eigenvalue weighted by atomic mass is 35.5. The minimum atomic E-state index is 0.633. The van der Waals surface area contributed by atoms with Gasteiger partial charge in [0.1, 0.15) is 0 Å². The fourth-order valence-corrected chi connectivity index (χ4v) is 1.90. The van der Waals surface area contributed by atoms with Gasteiger partial charge in [-0.25, -0.2) is 0 Å². The molecular weight excluding hydrogens is 225 g/mol. The summed E-state index contributed by atoms with van der Waals surface area (Å²) in [6, 6.07) is 7.65. The van der Waals surface area contributed by atoms with Gasteiger partial charge in [-0.3, -0.25) is 0 Å². The van der Waals surface area contributed by atoms with Crippen LogP contribution in [-0.2, 0) is 0 Å². The molecule has 13 heavy (non-hydrogen) atoms. The number of thioether (sulfide) groups is 1. The van der Waals surface area contributed by atoms with Crippen molar-refractivity contribution in [3.8, 4) is 0 Å². The number of nitrogens with two attached hydrogens (primary N) is 1. The van der Waals surface area contributed by atoms with Gasteiger partial charge in [0.25, 0.3) is 0 Å². The average Bonchev–Trinajstić information content (AvgIpc) is 2.14. The Morgan fingerprint density at radius 3 is 2.92 bits per heavy atom. The first-order valence-corrected chi connectivity index (χ1v) is 5.45. The van der Waals surface area contributed by atoms with E-state index in [2.05, 4.69) is 0 Å². The maximum atomic E-state index is 5.73. The molecule has 0 aliphatic carbocycles. The lowest BCUT2D eigenvalue weighted by molar-refractivity contribution is 1.46. The van der Waals surface area contributed by atoms with Crippen LogP contribution in [0.4, 0.5) is 5.69 Å². The molecule has 2 N–H and O–H groups in total. The summed E-state index contributed by atoms with van der Waals surface area (Å²) in [5.74, 6) is 0.675. The molecule has 0 aromatic heterocycles. The monoisotopic (exact) mass is 233 g/mol. The molecule has 0 atom stereocenters. The Kier molecular flexibility index (Phi) is 4.50. The Bertz CT molecular complexity index is 312. The third kappa shape index (κ3) is 3.94. The first-order valence-electron chi connectivity index (χ1n) is 3.65. The Balaban J connectivity index is 2.55. The zero-order valence-electron chi connectivity index (χ0n) is 6.84. The van der Waals surface area contributed by atoms with Crippen LogP contribution >= 0.6 is 35.0 Å². The summed E-state index contributed by atoms with van der Waals surface area (Å²) in [6.07, 6.45) is 0. The van der Waals surface area contributed by atoms with Crippen LogP contribution in [0.2, 0.25) is 0 Å². The van der Waals surface area contributed by atoms with Crippen LogP contribution in [0.5, 0.6) is 0 Å². The highest BCUT2D eigenvalue weighted by Crippen LogP contribution is 2.23. The number of hydrogen-bond acceptors (Lipinski definition) is 2. The van der Waals surface area contributed by atoms with Gasteiger partial charge in [0.15, 0.2) is 0 Å². The molecule has 1 nitrogen and oxygen atoms in total. The van der Waals surface area contributed by atoms with E-state index in [1.165, 1.54) is 5.54 Å². The Morgan fingerprint density at radius 1 is 1.54 bits per heavy atom. The molecule has 0 fully saturated rings. The van der Waals surface area contributed by atoms with Crippen LogP contribution in [0.25, 0.3) is 0 Å². The van der Waals surface area contributed by atoms with Crippen molar-refractivity contribution in [1.82, 2.24) is 0 Å². The lowest BCUT2D eigenvalue weighted by Gasteiger charge is -2.00. The molecule has 0 radical (unpaired) electrons. The molecule has 0 amide bonds. The van der Waals surface area contributed by atoms with Crippen molar-refractivity contribution in [3.05, 3.63) is 34.8 Å². The minimum Gasteiger partial charge on any atom is -0.399 e. The minimum absolute atomic E-state index is 0.633. The number of benzene rings is 1. The second-order valence-corrected chi connectivity index (χ2v) is 4.17. The summed E-state index contributed by atoms with van der Waals surface area (Å²) in [6.45, 7) is 0. The lowest BCUT2D eigenvalue weighted by Crippen LogP contribution is -1.84. The summed E-state index contributed by atoms with van der Waals surface area (Å²) >= 11 is 12.8. The van der Waals surface area contributed by atoms with Crippen molar-refractivity contribution in [2.24, 2.45) is 0 Å². The topological polar surface area (TPSA) is 26.0 Å². The van der Waals surface area contributed by atoms with Gasteiger partial charge in [-0.2, -0.15) is 0 Å². The van der Waals surface area contributed by atoms with E-state index < -0.39 is 0 Å². The van der Waals surface area contributed by atoms with E-state index in [9.17, 15) is 0 Å². The van der Waals surface area contributed by atoms with Gasteiger partial charge in [0.2, 0.25) is 0 Å². The van der Waals surface area contributed by atoms with Crippen molar-refractivity contribution < 1.29 is 0 Å². The molecule has 0 spiro atoms. The highest BCUT2D eigenvalue weighted by Gasteiger charge is 1.96. The van der Waals surface area contributed by atoms with Crippen molar-refractivity contribution in [2.75, 3.05) is 11.5 Å². The second-order valence-electron chi connectivity index (χ2n) is 2.42. The van der Waals surface area contributed by atoms with E-state index in [0.717, 1.165) is 10.6 Å². The molecule has 0 aliphatic rings. The molecule has 1 aromatic rings. The summed E-state index contributed by atoms with van der Waals surface area (Å²) in [5.41, 5.74) is 7.75. The van der Waals surface area contributed by atoms with Gasteiger partial charge in [-0.15, -0.1) is 11.8 Å². The molecule has 0 saturated heterocycles. The molecule has 0 unspecified atom stereocenters. The summed E-state index contributed by atoms with van der Waals surface area (Å²) < 4.78 is 0. The van der Waals surface area contributed by atoms with E-state index in [0.29, 0.717) is 10.8 Å². The first-order chi connectivity index (χ1) is 6.22. The van der Waals surface area contributed by atoms with E-state index in [1.807, 2.05) is 24.3 Å². The number of anilines is 1. The normalized spacial score (nSPS) is 11.7. The van der Waals surface area contributed by atoms with Crippen molar-refractivity contribution in [2.45, 2.75) is 4.90 Å². The fraction of sp³-hybridized carbons (Fsp3) is 0.111. The Morgan fingerprint density at radius 2 is 2.31 bits per heavy atom. The van der Waals surface area contributed by atoms with E-state index in [1.54, 1.807) is 11.8 Å². The third-order valence-corrected chi connectivity index (χ3v) is 3.17. The van der Waals surface area contributed by atoms with Gasteiger partial charge in [0, 0.05) is 26.9 Å². The second kappa shape index (κ2) is 5.43. The first kappa shape index (κ1) is 10.8. The van der Waals surface area contributed by atoms with Crippen molar-refractivity contribution in [1.29, 1.82) is 0 Å². The summed E-state index contributed by atoms with van der Waals surface area (Å²) in [4.78, 5) is 1.09. The van der Waals surface area contributed by atoms with E-state index >= 15 is 0 Å². The number of nitrogen functional groups attached to an aromatic ring is 1. The molecule has 1 rings (SSSR count). The summed E-state index contributed by atoms with van der Waals surface area (Å²) in [5, 5.41) is 0.633. The van der Waals surface area contributed by atoms with Gasteiger partial charge in [-0.1, -0.05) is 29.3 Å². The van der Waals surface area contributed by atoms with Gasteiger partial charge >= 0.3 is 0 Å². The molecule has 0 saturated carbocycles. The predicted octanol–water partition coefficient (Wildman–Crippen LogP) is 3.68. The maximum absolute atomic E-state index is 5.73.